The van der Waals surface area contributed by atoms with Crippen molar-refractivity contribution >= 4 is 0 Å². The van der Waals surface area contributed by atoms with E-state index in [4.69, 9.17) is 5.26 Å². The van der Waals surface area contributed by atoms with E-state index in [1.807, 2.05) is 0 Å². The summed E-state index contributed by atoms with van der Waals surface area (Å²) in [5, 5.41) is 8.32. The molecule has 0 aromatic carbocycles. The van der Waals surface area contributed by atoms with Gasteiger partial charge < -0.3 is 0 Å². The van der Waals surface area contributed by atoms with Crippen molar-refractivity contribution in [3.8, 4) is 6.07 Å². The maximum Gasteiger partial charge on any atom is 0.408 e. The van der Waals surface area contributed by atoms with Gasteiger partial charge in [0.2, 0.25) is 0 Å². The van der Waals surface area contributed by atoms with Crippen molar-refractivity contribution in [2.45, 2.75) is 12.1 Å². The summed E-state index contributed by atoms with van der Waals surface area (Å²) in [7, 11) is 0. The number of alkyl halides is 3. The average molecular weight is 186 g/mol. The Morgan fingerprint density at radius 3 is 2.23 bits per heavy atom. The van der Waals surface area contributed by atoms with Gasteiger partial charge in [-0.25, -0.2) is 0 Å². The Balaban J connectivity index is 3.01. The van der Waals surface area contributed by atoms with Crippen molar-refractivity contribution in [1.29, 1.82) is 5.26 Å². The number of aromatic nitrogens is 1. The first-order valence-corrected chi connectivity index (χ1v) is 3.42. The fourth-order valence-corrected chi connectivity index (χ4v) is 0.893. The smallest absolute Gasteiger partial charge is 0.265 e. The lowest BCUT2D eigenvalue weighted by Gasteiger charge is -2.12. The maximum absolute atomic E-state index is 12.2. The van der Waals surface area contributed by atoms with Crippen LogP contribution < -0.4 is 0 Å². The minimum atomic E-state index is -4.52. The number of hydrogen-bond acceptors (Lipinski definition) is 2. The summed E-state index contributed by atoms with van der Waals surface area (Å²) in [5.74, 6) is -2.06. The average Bonchev–Trinajstić information content (AvgIpc) is 2.05. The summed E-state index contributed by atoms with van der Waals surface area (Å²) in [6.45, 7) is 0. The van der Waals surface area contributed by atoms with E-state index in [2.05, 4.69) is 4.98 Å². The van der Waals surface area contributed by atoms with Gasteiger partial charge >= 0.3 is 6.18 Å². The normalized spacial score (nSPS) is 13.4. The Bertz CT molecular complexity index is 312. The molecule has 0 bridgehead atoms. The summed E-state index contributed by atoms with van der Waals surface area (Å²) in [5.41, 5.74) is -0.0787. The molecule has 5 heteroatoms. The molecule has 0 aliphatic heterocycles. The van der Waals surface area contributed by atoms with Gasteiger partial charge in [-0.3, -0.25) is 4.98 Å². The summed E-state index contributed by atoms with van der Waals surface area (Å²) >= 11 is 0. The lowest BCUT2D eigenvalue weighted by Crippen LogP contribution is -2.19. The Labute approximate surface area is 72.6 Å². The van der Waals surface area contributed by atoms with E-state index in [9.17, 15) is 13.2 Å². The van der Waals surface area contributed by atoms with Crippen molar-refractivity contribution in [3.63, 3.8) is 0 Å². The summed E-state index contributed by atoms with van der Waals surface area (Å²) < 4.78 is 36.5. The first kappa shape index (κ1) is 9.52. The highest BCUT2D eigenvalue weighted by Crippen LogP contribution is 2.33. The second-order valence-corrected chi connectivity index (χ2v) is 2.38. The van der Waals surface area contributed by atoms with E-state index < -0.39 is 12.1 Å². The number of halogens is 3. The van der Waals surface area contributed by atoms with Crippen LogP contribution in [0.4, 0.5) is 13.2 Å². The topological polar surface area (TPSA) is 36.7 Å². The predicted octanol–water partition coefficient (Wildman–Crippen LogP) is 2.25. The molecule has 1 atom stereocenters. The Kier molecular flexibility index (Phi) is 2.52. The maximum atomic E-state index is 12.2. The summed E-state index contributed by atoms with van der Waals surface area (Å²) in [6, 6.07) is 3.57. The van der Waals surface area contributed by atoms with Crippen LogP contribution in [0.3, 0.4) is 0 Å². The van der Waals surface area contributed by atoms with E-state index in [0.29, 0.717) is 0 Å². The molecule has 0 spiro atoms. The van der Waals surface area contributed by atoms with Crippen LogP contribution in [-0.2, 0) is 0 Å². The Morgan fingerprint density at radius 2 is 1.85 bits per heavy atom. The number of nitrogens with zero attached hydrogens (tertiary/aromatic N) is 2. The van der Waals surface area contributed by atoms with Crippen molar-refractivity contribution in [2.24, 2.45) is 0 Å². The van der Waals surface area contributed by atoms with E-state index in [1.165, 1.54) is 30.6 Å². The fourth-order valence-electron chi connectivity index (χ4n) is 0.893. The highest BCUT2D eigenvalue weighted by molar-refractivity contribution is 5.24. The molecule has 1 heterocycles. The van der Waals surface area contributed by atoms with Gasteiger partial charge in [0.05, 0.1) is 6.07 Å². The second-order valence-electron chi connectivity index (χ2n) is 2.38. The Morgan fingerprint density at radius 1 is 1.31 bits per heavy atom. The molecule has 0 saturated carbocycles. The van der Waals surface area contributed by atoms with E-state index in [0.717, 1.165) is 0 Å². The minimum absolute atomic E-state index is 0.0787. The molecule has 68 valence electrons. The van der Waals surface area contributed by atoms with Crippen LogP contribution in [0.5, 0.6) is 0 Å². The van der Waals surface area contributed by atoms with Crippen molar-refractivity contribution < 1.29 is 13.2 Å². The quantitative estimate of drug-likeness (QED) is 0.674. The third-order valence-electron chi connectivity index (χ3n) is 1.50. The largest absolute Gasteiger partial charge is 0.408 e. The zero-order valence-electron chi connectivity index (χ0n) is 6.42. The van der Waals surface area contributed by atoms with Crippen molar-refractivity contribution in [2.75, 3.05) is 0 Å². The summed E-state index contributed by atoms with van der Waals surface area (Å²) in [4.78, 5) is 3.57. The van der Waals surface area contributed by atoms with Crippen LogP contribution in [0.25, 0.3) is 0 Å². The van der Waals surface area contributed by atoms with Gasteiger partial charge in [0.15, 0.2) is 5.92 Å². The molecule has 0 aliphatic rings. The van der Waals surface area contributed by atoms with Crippen LogP contribution in [0.1, 0.15) is 11.5 Å². The second kappa shape index (κ2) is 3.44. The highest BCUT2D eigenvalue weighted by atomic mass is 19.4. The Hall–Kier alpha value is -1.57. The lowest BCUT2D eigenvalue weighted by molar-refractivity contribution is -0.137. The van der Waals surface area contributed by atoms with Crippen LogP contribution in [-0.4, -0.2) is 11.2 Å². The number of nitriles is 1. The van der Waals surface area contributed by atoms with Crippen molar-refractivity contribution in [3.05, 3.63) is 30.1 Å². The minimum Gasteiger partial charge on any atom is -0.265 e. The third kappa shape index (κ3) is 2.18. The zero-order valence-corrected chi connectivity index (χ0v) is 6.42. The lowest BCUT2D eigenvalue weighted by atomic mass is 10.0. The number of rotatable bonds is 1. The van der Waals surface area contributed by atoms with Crippen LogP contribution in [0.15, 0.2) is 24.5 Å². The van der Waals surface area contributed by atoms with Gasteiger partial charge in [-0.2, -0.15) is 18.4 Å². The van der Waals surface area contributed by atoms with Gasteiger partial charge in [0.1, 0.15) is 0 Å². The molecular weight excluding hydrogens is 181 g/mol. The molecule has 2 nitrogen and oxygen atoms in total. The standard InChI is InChI=1S/C8H5F3N2/c9-8(10,11)7(5-12)6-1-3-13-4-2-6/h1-4,7H. The molecule has 0 N–H and O–H groups in total. The molecule has 0 aliphatic carbocycles. The zero-order chi connectivity index (χ0) is 9.90. The monoisotopic (exact) mass is 186 g/mol. The van der Waals surface area contributed by atoms with E-state index in [1.54, 1.807) is 0 Å². The van der Waals surface area contributed by atoms with Gasteiger partial charge in [0.25, 0.3) is 0 Å². The predicted molar refractivity (Wildman–Crippen MR) is 38.6 cm³/mol. The molecule has 0 radical (unpaired) electrons. The molecule has 0 saturated heterocycles. The van der Waals surface area contributed by atoms with Gasteiger partial charge in [-0.15, -0.1) is 0 Å². The molecule has 1 unspecified atom stereocenters. The number of pyridine rings is 1. The number of hydrogen-bond donors (Lipinski definition) is 0. The van der Waals surface area contributed by atoms with Crippen molar-refractivity contribution in [1.82, 2.24) is 4.98 Å². The van der Waals surface area contributed by atoms with Gasteiger partial charge in [-0.05, 0) is 17.7 Å². The van der Waals surface area contributed by atoms with Crippen LogP contribution in [0, 0.1) is 11.3 Å². The van der Waals surface area contributed by atoms with Crippen LogP contribution in [0.2, 0.25) is 0 Å². The first-order valence-electron chi connectivity index (χ1n) is 3.42. The SMILES string of the molecule is N#CC(c1ccncc1)C(F)(F)F. The van der Waals surface area contributed by atoms with Crippen LogP contribution >= 0.6 is 0 Å². The third-order valence-corrected chi connectivity index (χ3v) is 1.50. The van der Waals surface area contributed by atoms with Gasteiger partial charge in [-0.1, -0.05) is 0 Å². The fraction of sp³-hybridized carbons (Fsp3) is 0.250. The van der Waals surface area contributed by atoms with E-state index >= 15 is 0 Å². The first-order chi connectivity index (χ1) is 6.05. The molecule has 1 rings (SSSR count). The molecule has 0 fully saturated rings. The molecule has 13 heavy (non-hydrogen) atoms. The molecular formula is C8H5F3N2. The van der Waals surface area contributed by atoms with E-state index in [-0.39, 0.29) is 5.56 Å². The molecule has 0 amide bonds. The highest BCUT2D eigenvalue weighted by Gasteiger charge is 2.40. The summed E-state index contributed by atoms with van der Waals surface area (Å²) in [6.07, 6.45) is -2.06. The molecule has 1 aromatic rings. The van der Waals surface area contributed by atoms with Gasteiger partial charge in [0, 0.05) is 12.4 Å². The molecule has 1 aromatic heterocycles.